The zero-order chi connectivity index (χ0) is 38.9. The third-order valence-corrected chi connectivity index (χ3v) is 13.0. The Morgan fingerprint density at radius 1 is 0.518 bits per heavy atom. The molecule has 0 fully saturated rings. The molecular formula is C54H54N2. The summed E-state index contributed by atoms with van der Waals surface area (Å²) in [6.07, 6.45) is 7.54. The number of nitrogens with zero attached hydrogens (tertiary/aromatic N) is 2. The number of rotatable bonds is 8. The molecule has 0 N–H and O–H groups in total. The van der Waals surface area contributed by atoms with E-state index in [4.69, 9.17) is 0 Å². The summed E-state index contributed by atoms with van der Waals surface area (Å²) in [5.74, 6) is 1.36. The highest BCUT2D eigenvalue weighted by Gasteiger charge is 2.53. The van der Waals surface area contributed by atoms with E-state index in [-0.39, 0.29) is 10.8 Å². The molecule has 6 aromatic carbocycles. The SMILES string of the molecule is CC(C)c1cc(N(c2ccccc2)c2ccccc2)cc2c1-c1cc(C(C)C)c3c(c1C2(C)C)C(C)(C)C1C=C(N(c2ccccc2)c2ccccc2)C=CC31. The molecule has 0 bridgehead atoms. The Morgan fingerprint density at radius 2 is 1.00 bits per heavy atom. The van der Waals surface area contributed by atoms with Gasteiger partial charge in [0.1, 0.15) is 0 Å². The maximum atomic E-state index is 2.62. The van der Waals surface area contributed by atoms with Crippen LogP contribution >= 0.6 is 0 Å². The number of fused-ring (bicyclic) bond motifs is 7. The highest BCUT2D eigenvalue weighted by Crippen LogP contribution is 2.64. The highest BCUT2D eigenvalue weighted by molar-refractivity contribution is 5.91. The summed E-state index contributed by atoms with van der Waals surface area (Å²) < 4.78 is 0. The van der Waals surface area contributed by atoms with Gasteiger partial charge in [0.25, 0.3) is 0 Å². The van der Waals surface area contributed by atoms with Crippen LogP contribution in [0.4, 0.5) is 28.4 Å². The van der Waals surface area contributed by atoms with Gasteiger partial charge in [-0.3, -0.25) is 0 Å². The van der Waals surface area contributed by atoms with Crippen LogP contribution in [0.15, 0.2) is 163 Å². The van der Waals surface area contributed by atoms with Gasteiger partial charge in [0.05, 0.1) is 0 Å². The molecule has 9 rings (SSSR count). The topological polar surface area (TPSA) is 6.48 Å². The largest absolute Gasteiger partial charge is 0.311 e. The fraction of sp³-hybridized carbons (Fsp3) is 0.259. The third-order valence-electron chi connectivity index (χ3n) is 13.0. The molecule has 2 unspecified atom stereocenters. The van der Waals surface area contributed by atoms with E-state index in [9.17, 15) is 0 Å². The molecule has 56 heavy (non-hydrogen) atoms. The molecule has 3 aliphatic rings. The van der Waals surface area contributed by atoms with Crippen LogP contribution in [0.2, 0.25) is 0 Å². The maximum absolute atomic E-state index is 2.62. The number of hydrogen-bond acceptors (Lipinski definition) is 2. The van der Waals surface area contributed by atoms with E-state index in [1.165, 1.54) is 67.5 Å². The first-order valence-corrected chi connectivity index (χ1v) is 20.6. The van der Waals surface area contributed by atoms with Gasteiger partial charge in [0.15, 0.2) is 0 Å². The summed E-state index contributed by atoms with van der Waals surface area (Å²) in [6.45, 7) is 19.6. The van der Waals surface area contributed by atoms with Crippen molar-refractivity contribution in [3.05, 3.63) is 197 Å². The van der Waals surface area contributed by atoms with Crippen molar-refractivity contribution in [2.24, 2.45) is 5.92 Å². The Morgan fingerprint density at radius 3 is 1.48 bits per heavy atom. The lowest BCUT2D eigenvalue weighted by Crippen LogP contribution is -2.30. The molecule has 0 saturated carbocycles. The van der Waals surface area contributed by atoms with Crippen LogP contribution in [-0.2, 0) is 10.8 Å². The van der Waals surface area contributed by atoms with Crippen LogP contribution in [0.1, 0.15) is 107 Å². The second kappa shape index (κ2) is 13.6. The van der Waals surface area contributed by atoms with Crippen LogP contribution in [0.25, 0.3) is 11.1 Å². The van der Waals surface area contributed by atoms with Gasteiger partial charge < -0.3 is 9.80 Å². The van der Waals surface area contributed by atoms with E-state index in [1.807, 2.05) is 0 Å². The van der Waals surface area contributed by atoms with Gasteiger partial charge in [-0.2, -0.15) is 0 Å². The number of hydrogen-bond donors (Lipinski definition) is 0. The van der Waals surface area contributed by atoms with E-state index in [0.717, 1.165) is 0 Å². The molecule has 0 saturated heterocycles. The molecule has 2 atom stereocenters. The highest BCUT2D eigenvalue weighted by atomic mass is 15.2. The zero-order valence-electron chi connectivity index (χ0n) is 34.2. The summed E-state index contributed by atoms with van der Waals surface area (Å²) in [4.78, 5) is 4.87. The van der Waals surface area contributed by atoms with E-state index in [1.54, 1.807) is 11.1 Å². The average molecular weight is 731 g/mol. The number of allylic oxidation sites excluding steroid dienone is 3. The quantitative estimate of drug-likeness (QED) is 0.154. The lowest BCUT2D eigenvalue weighted by molar-refractivity contribution is 0.387. The molecule has 0 amide bonds. The van der Waals surface area contributed by atoms with Gasteiger partial charge in [-0.1, -0.05) is 146 Å². The van der Waals surface area contributed by atoms with Gasteiger partial charge in [-0.25, -0.2) is 0 Å². The Hall–Kier alpha value is -5.60. The smallest absolute Gasteiger partial charge is 0.0467 e. The lowest BCUT2D eigenvalue weighted by atomic mass is 9.69. The average Bonchev–Trinajstić information content (AvgIpc) is 3.58. The van der Waals surface area contributed by atoms with Crippen LogP contribution in [0, 0.1) is 5.92 Å². The fourth-order valence-corrected chi connectivity index (χ4v) is 10.3. The maximum Gasteiger partial charge on any atom is 0.0467 e. The molecular weight excluding hydrogens is 677 g/mol. The third kappa shape index (κ3) is 5.60. The van der Waals surface area contributed by atoms with Crippen molar-refractivity contribution in [3.8, 4) is 11.1 Å². The van der Waals surface area contributed by atoms with Crippen molar-refractivity contribution in [1.82, 2.24) is 0 Å². The molecule has 0 radical (unpaired) electrons. The lowest BCUT2D eigenvalue weighted by Gasteiger charge is -2.36. The van der Waals surface area contributed by atoms with Gasteiger partial charge in [-0.15, -0.1) is 0 Å². The van der Waals surface area contributed by atoms with Gasteiger partial charge in [-0.05, 0) is 134 Å². The van der Waals surface area contributed by atoms with E-state index in [0.29, 0.717) is 23.7 Å². The number of benzene rings is 6. The second-order valence-electron chi connectivity index (χ2n) is 17.8. The summed E-state index contributed by atoms with van der Waals surface area (Å²) >= 11 is 0. The van der Waals surface area contributed by atoms with Crippen molar-refractivity contribution in [3.63, 3.8) is 0 Å². The molecule has 2 heteroatoms. The molecule has 0 heterocycles. The van der Waals surface area contributed by atoms with Crippen molar-refractivity contribution < 1.29 is 0 Å². The zero-order valence-corrected chi connectivity index (χ0v) is 34.2. The molecule has 3 aliphatic carbocycles. The van der Waals surface area contributed by atoms with Crippen molar-refractivity contribution in [2.45, 2.75) is 84.0 Å². The van der Waals surface area contributed by atoms with Crippen LogP contribution in [0.3, 0.4) is 0 Å². The normalized spacial score (nSPS) is 18.3. The molecule has 2 nitrogen and oxygen atoms in total. The Kier molecular flexibility index (Phi) is 8.73. The van der Waals surface area contributed by atoms with Crippen molar-refractivity contribution in [2.75, 3.05) is 9.80 Å². The van der Waals surface area contributed by atoms with E-state index < -0.39 is 0 Å². The predicted octanol–water partition coefficient (Wildman–Crippen LogP) is 15.0. The Bertz CT molecular complexity index is 2390. The van der Waals surface area contributed by atoms with Crippen LogP contribution < -0.4 is 9.80 Å². The van der Waals surface area contributed by atoms with Gasteiger partial charge in [0, 0.05) is 45.5 Å². The minimum absolute atomic E-state index is 0.107. The Balaban J connectivity index is 1.24. The van der Waals surface area contributed by atoms with Crippen LogP contribution in [0.5, 0.6) is 0 Å². The van der Waals surface area contributed by atoms with E-state index >= 15 is 0 Å². The van der Waals surface area contributed by atoms with Crippen molar-refractivity contribution >= 4 is 28.4 Å². The minimum atomic E-state index is -0.204. The fourth-order valence-electron chi connectivity index (χ4n) is 10.3. The van der Waals surface area contributed by atoms with Gasteiger partial charge >= 0.3 is 0 Å². The van der Waals surface area contributed by atoms with Crippen molar-refractivity contribution in [1.29, 1.82) is 0 Å². The molecule has 280 valence electrons. The monoisotopic (exact) mass is 730 g/mol. The first-order valence-electron chi connectivity index (χ1n) is 20.6. The number of para-hydroxylation sites is 4. The Labute approximate surface area is 334 Å². The van der Waals surface area contributed by atoms with Gasteiger partial charge in [0.2, 0.25) is 0 Å². The standard InChI is InChI=1S/C54H54N2/c1-35(2)44-31-42(56(39-25-17-11-18-26-39)40-27-19-12-20-28-40)33-48-49(44)46-34-45(36(3)4)50-43-30-29-41(32-47(43)53(5,6)52(50)51(46)54(48,7)8)55(37-21-13-9-14-22-37)38-23-15-10-16-24-38/h9-36,43,47H,1-8H3. The predicted molar refractivity (Wildman–Crippen MR) is 238 cm³/mol. The second-order valence-corrected chi connectivity index (χ2v) is 17.8. The van der Waals surface area contributed by atoms with E-state index in [2.05, 4.69) is 223 Å². The number of anilines is 5. The summed E-state index contributed by atoms with van der Waals surface area (Å²) in [7, 11) is 0. The summed E-state index contributed by atoms with van der Waals surface area (Å²) in [5.41, 5.74) is 18.8. The van der Waals surface area contributed by atoms with Crippen LogP contribution in [-0.4, -0.2) is 0 Å². The first-order chi connectivity index (χ1) is 27.0. The minimum Gasteiger partial charge on any atom is -0.311 e. The molecule has 0 aliphatic heterocycles. The summed E-state index contributed by atoms with van der Waals surface area (Å²) in [5, 5.41) is 0. The molecule has 0 aromatic heterocycles. The first kappa shape index (κ1) is 36.1. The summed E-state index contributed by atoms with van der Waals surface area (Å²) in [6, 6.07) is 51.0. The molecule has 0 spiro atoms. The molecule has 6 aromatic rings.